The van der Waals surface area contributed by atoms with Gasteiger partial charge in [0, 0.05) is 38.4 Å². The maximum absolute atomic E-state index is 12.9. The number of hydrogen-bond acceptors (Lipinski definition) is 7. The van der Waals surface area contributed by atoms with E-state index in [1.807, 2.05) is 18.7 Å². The molecular weight excluding hydrogens is 530 g/mol. The average molecular weight is 574 g/mol. The van der Waals surface area contributed by atoms with Gasteiger partial charge in [-0.05, 0) is 82.7 Å². The maximum atomic E-state index is 12.9. The van der Waals surface area contributed by atoms with E-state index in [4.69, 9.17) is 4.98 Å². The van der Waals surface area contributed by atoms with Gasteiger partial charge in [-0.2, -0.15) is 0 Å². The Bertz CT molecular complexity index is 1200. The molecule has 3 N–H and O–H groups in total. The number of hydrogen-bond donors (Lipinski definition) is 3. The summed E-state index contributed by atoms with van der Waals surface area (Å²) >= 11 is 0. The van der Waals surface area contributed by atoms with Crippen LogP contribution in [0, 0.1) is 0 Å². The topological polar surface area (TPSA) is 132 Å². The third kappa shape index (κ3) is 9.48. The van der Waals surface area contributed by atoms with Crippen molar-refractivity contribution in [1.29, 1.82) is 0 Å². The molecule has 3 rings (SSSR count). The second kappa shape index (κ2) is 15.6. The van der Waals surface area contributed by atoms with Gasteiger partial charge in [0.25, 0.3) is 0 Å². The summed E-state index contributed by atoms with van der Waals surface area (Å²) in [5, 5.41) is 15.7. The van der Waals surface area contributed by atoms with E-state index in [2.05, 4.69) is 22.8 Å². The van der Waals surface area contributed by atoms with Gasteiger partial charge in [0.1, 0.15) is 11.9 Å². The summed E-state index contributed by atoms with van der Waals surface area (Å²) in [6, 6.07) is 11.1. The Labute approximate surface area is 238 Å². The molecule has 0 fully saturated rings. The van der Waals surface area contributed by atoms with E-state index in [1.54, 1.807) is 30.3 Å². The molecule has 0 radical (unpaired) electrons. The Balaban J connectivity index is 1.60. The summed E-state index contributed by atoms with van der Waals surface area (Å²) in [5.74, 6) is -0.203. The standard InChI is InChI=1S/C29H43N5O5S/c1-3-34(4-2)29(37)32-26(28(35)36)17-20-33(21-22-40(38,39)25-13-6-5-7-14-25)19-9-8-12-24-16-15-23-11-10-18-30-27(23)31-24/h5-7,13-16,26H,3-4,8-12,17-22H2,1-2H3,(H,30,31)(H,32,37)(H,35,36). The number of amides is 2. The van der Waals surface area contributed by atoms with Crippen molar-refractivity contribution in [2.75, 3.05) is 50.3 Å². The Morgan fingerprint density at radius 1 is 1.05 bits per heavy atom. The van der Waals surface area contributed by atoms with Crippen LogP contribution >= 0.6 is 0 Å². The number of urea groups is 1. The van der Waals surface area contributed by atoms with Crippen LogP contribution < -0.4 is 10.6 Å². The molecule has 2 aromatic rings. The van der Waals surface area contributed by atoms with Crippen LogP contribution in [0.2, 0.25) is 0 Å². The molecule has 0 saturated carbocycles. The number of benzene rings is 1. The number of carboxylic acids is 1. The lowest BCUT2D eigenvalue weighted by atomic mass is 10.1. The van der Waals surface area contributed by atoms with Crippen molar-refractivity contribution in [1.82, 2.24) is 20.1 Å². The summed E-state index contributed by atoms with van der Waals surface area (Å²) in [5.41, 5.74) is 2.28. The van der Waals surface area contributed by atoms with Crippen molar-refractivity contribution < 1.29 is 23.1 Å². The number of sulfone groups is 1. The van der Waals surface area contributed by atoms with Gasteiger partial charge in [0.15, 0.2) is 9.84 Å². The Kier molecular flexibility index (Phi) is 12.2. The van der Waals surface area contributed by atoms with Gasteiger partial charge in [0.2, 0.25) is 0 Å². The lowest BCUT2D eigenvalue weighted by Crippen LogP contribution is -2.49. The van der Waals surface area contributed by atoms with Gasteiger partial charge in [-0.1, -0.05) is 24.3 Å². The maximum Gasteiger partial charge on any atom is 0.326 e. The predicted octanol–water partition coefficient (Wildman–Crippen LogP) is 3.43. The van der Waals surface area contributed by atoms with Gasteiger partial charge in [-0.25, -0.2) is 23.0 Å². The van der Waals surface area contributed by atoms with Crippen molar-refractivity contribution >= 4 is 27.7 Å². The summed E-state index contributed by atoms with van der Waals surface area (Å²) in [6.07, 6.45) is 4.82. The first-order valence-electron chi connectivity index (χ1n) is 14.2. The fourth-order valence-electron chi connectivity index (χ4n) is 4.80. The van der Waals surface area contributed by atoms with Crippen molar-refractivity contribution in [2.24, 2.45) is 0 Å². The van der Waals surface area contributed by atoms with E-state index >= 15 is 0 Å². The highest BCUT2D eigenvalue weighted by molar-refractivity contribution is 7.91. The lowest BCUT2D eigenvalue weighted by Gasteiger charge is -2.26. The smallest absolute Gasteiger partial charge is 0.326 e. The number of rotatable bonds is 16. The Hall–Kier alpha value is -3.18. The number of carboxylic acid groups (broad SMARTS) is 1. The first kappa shape index (κ1) is 31.3. The van der Waals surface area contributed by atoms with Crippen LogP contribution in [0.5, 0.6) is 0 Å². The predicted molar refractivity (Wildman–Crippen MR) is 156 cm³/mol. The first-order chi connectivity index (χ1) is 19.2. The number of nitrogens with one attached hydrogen (secondary N) is 2. The number of aliphatic carboxylic acids is 1. The molecule has 220 valence electrons. The number of carbonyl (C=O) groups excluding carboxylic acids is 1. The molecule has 1 aromatic carbocycles. The highest BCUT2D eigenvalue weighted by Crippen LogP contribution is 2.20. The van der Waals surface area contributed by atoms with Crippen molar-refractivity contribution in [3.8, 4) is 0 Å². The molecule has 1 aliphatic heterocycles. The second-order valence-corrected chi connectivity index (χ2v) is 12.2. The first-order valence-corrected chi connectivity index (χ1v) is 15.9. The average Bonchev–Trinajstić information content (AvgIpc) is 2.96. The molecule has 0 bridgehead atoms. The van der Waals surface area contributed by atoms with E-state index in [1.165, 1.54) is 10.5 Å². The van der Waals surface area contributed by atoms with Crippen molar-refractivity contribution in [2.45, 2.75) is 63.3 Å². The fraction of sp³-hybridized carbons (Fsp3) is 0.552. The summed E-state index contributed by atoms with van der Waals surface area (Å²) in [4.78, 5) is 32.9. The molecule has 0 spiro atoms. The monoisotopic (exact) mass is 573 g/mol. The number of aromatic nitrogens is 1. The molecule has 2 heterocycles. The highest BCUT2D eigenvalue weighted by atomic mass is 32.2. The molecule has 10 nitrogen and oxygen atoms in total. The summed E-state index contributed by atoms with van der Waals surface area (Å²) in [7, 11) is -3.48. The van der Waals surface area contributed by atoms with Crippen LogP contribution in [-0.2, 0) is 27.5 Å². The van der Waals surface area contributed by atoms with Gasteiger partial charge in [-0.15, -0.1) is 0 Å². The van der Waals surface area contributed by atoms with E-state index in [0.717, 1.165) is 50.2 Å². The minimum absolute atomic E-state index is 0.0708. The SMILES string of the molecule is CCN(CC)C(=O)NC(CCN(CCCCc1ccc2c(n1)NCCC2)CCS(=O)(=O)c1ccccc1)C(=O)O. The van der Waals surface area contributed by atoms with E-state index in [0.29, 0.717) is 26.2 Å². The van der Waals surface area contributed by atoms with Crippen LogP contribution in [-0.4, -0.2) is 91.4 Å². The number of fused-ring (bicyclic) bond motifs is 1. The summed E-state index contributed by atoms with van der Waals surface area (Å²) < 4.78 is 25.8. The zero-order chi connectivity index (χ0) is 29.0. The Morgan fingerprint density at radius 2 is 1.80 bits per heavy atom. The van der Waals surface area contributed by atoms with Crippen LogP contribution in [0.3, 0.4) is 0 Å². The third-order valence-electron chi connectivity index (χ3n) is 7.27. The molecular formula is C29H43N5O5S. The number of nitrogens with zero attached hydrogens (tertiary/aromatic N) is 3. The minimum Gasteiger partial charge on any atom is -0.480 e. The highest BCUT2D eigenvalue weighted by Gasteiger charge is 2.24. The molecule has 1 aliphatic rings. The number of anilines is 1. The molecule has 0 aliphatic carbocycles. The van der Waals surface area contributed by atoms with Crippen LogP contribution in [0.15, 0.2) is 47.4 Å². The number of carbonyl (C=O) groups is 2. The van der Waals surface area contributed by atoms with Crippen LogP contribution in [0.4, 0.5) is 10.6 Å². The zero-order valence-electron chi connectivity index (χ0n) is 23.6. The lowest BCUT2D eigenvalue weighted by molar-refractivity contribution is -0.139. The molecule has 2 amide bonds. The summed E-state index contributed by atoms with van der Waals surface area (Å²) in [6.45, 7) is 6.81. The van der Waals surface area contributed by atoms with E-state index in [-0.39, 0.29) is 23.6 Å². The quantitative estimate of drug-likeness (QED) is 0.260. The van der Waals surface area contributed by atoms with Crippen molar-refractivity contribution in [3.05, 3.63) is 53.7 Å². The van der Waals surface area contributed by atoms with Gasteiger partial charge >= 0.3 is 12.0 Å². The van der Waals surface area contributed by atoms with Gasteiger partial charge in [0.05, 0.1) is 10.6 Å². The van der Waals surface area contributed by atoms with Crippen LogP contribution in [0.25, 0.3) is 0 Å². The molecule has 1 unspecified atom stereocenters. The Morgan fingerprint density at radius 3 is 2.50 bits per heavy atom. The van der Waals surface area contributed by atoms with E-state index in [9.17, 15) is 23.1 Å². The minimum atomic E-state index is -3.48. The number of aryl methyl sites for hydroxylation is 2. The fourth-order valence-corrected chi connectivity index (χ4v) is 6.11. The normalized spacial score (nSPS) is 13.8. The van der Waals surface area contributed by atoms with Crippen molar-refractivity contribution in [3.63, 3.8) is 0 Å². The molecule has 11 heteroatoms. The molecule has 0 saturated heterocycles. The third-order valence-corrected chi connectivity index (χ3v) is 8.98. The largest absolute Gasteiger partial charge is 0.480 e. The number of unbranched alkanes of at least 4 members (excludes halogenated alkanes) is 1. The van der Waals surface area contributed by atoms with E-state index < -0.39 is 27.9 Å². The zero-order valence-corrected chi connectivity index (χ0v) is 24.5. The van der Waals surface area contributed by atoms with Crippen LogP contribution in [0.1, 0.15) is 50.8 Å². The molecule has 1 atom stereocenters. The second-order valence-electron chi connectivity index (χ2n) is 10.1. The number of pyridine rings is 1. The van der Waals surface area contributed by atoms with Gasteiger partial charge < -0.3 is 25.5 Å². The van der Waals surface area contributed by atoms with Gasteiger partial charge in [-0.3, -0.25) is 0 Å². The molecule has 40 heavy (non-hydrogen) atoms. The molecule has 1 aromatic heterocycles.